The summed E-state index contributed by atoms with van der Waals surface area (Å²) in [5.74, 6) is -0.896. The molecule has 1 fully saturated rings. The smallest absolute Gasteiger partial charge is 0.326 e. The summed E-state index contributed by atoms with van der Waals surface area (Å²) in [6.07, 6.45) is 6.97. The van der Waals surface area contributed by atoms with Crippen molar-refractivity contribution in [1.82, 2.24) is 10.2 Å². The van der Waals surface area contributed by atoms with E-state index in [0.29, 0.717) is 19.5 Å². The molecule has 122 valence electrons. The maximum Gasteiger partial charge on any atom is 0.326 e. The normalized spacial score (nSPS) is 19.4. The van der Waals surface area contributed by atoms with Crippen molar-refractivity contribution in [2.75, 3.05) is 13.1 Å². The zero-order valence-electron chi connectivity index (χ0n) is 13.7. The van der Waals surface area contributed by atoms with Crippen molar-refractivity contribution in [2.45, 2.75) is 71.8 Å². The maximum atomic E-state index is 12.2. The Labute approximate surface area is 128 Å². The van der Waals surface area contributed by atoms with Crippen molar-refractivity contribution >= 4 is 12.0 Å². The van der Waals surface area contributed by atoms with Gasteiger partial charge < -0.3 is 15.3 Å². The standard InChI is InChI=1S/C16H30N2O3/c1-4-5-7-10-16(2,3)12-17-15(21)18-11-8-6-9-13(18)14(19)20/h13H,4-12H2,1-3H3,(H,17,21)(H,19,20). The lowest BCUT2D eigenvalue weighted by molar-refractivity contribution is -0.143. The Balaban J connectivity index is 2.46. The number of piperidine rings is 1. The fourth-order valence-electron chi connectivity index (χ4n) is 2.79. The van der Waals surface area contributed by atoms with Crippen LogP contribution in [0.15, 0.2) is 0 Å². The fraction of sp³-hybridized carbons (Fsp3) is 0.875. The second-order valence-electron chi connectivity index (χ2n) is 6.82. The summed E-state index contributed by atoms with van der Waals surface area (Å²) in [5.41, 5.74) is 0.0549. The zero-order valence-corrected chi connectivity index (χ0v) is 13.7. The van der Waals surface area contributed by atoms with Crippen LogP contribution >= 0.6 is 0 Å². The van der Waals surface area contributed by atoms with Crippen LogP contribution in [0.5, 0.6) is 0 Å². The van der Waals surface area contributed by atoms with Gasteiger partial charge in [0.15, 0.2) is 0 Å². The minimum absolute atomic E-state index is 0.0549. The van der Waals surface area contributed by atoms with E-state index in [1.165, 1.54) is 24.2 Å². The summed E-state index contributed by atoms with van der Waals surface area (Å²) in [7, 11) is 0. The number of rotatable bonds is 7. The van der Waals surface area contributed by atoms with Gasteiger partial charge in [-0.2, -0.15) is 0 Å². The Morgan fingerprint density at radius 3 is 2.62 bits per heavy atom. The average Bonchev–Trinajstić information content (AvgIpc) is 2.45. The topological polar surface area (TPSA) is 69.6 Å². The summed E-state index contributed by atoms with van der Waals surface area (Å²) < 4.78 is 0. The van der Waals surface area contributed by atoms with Gasteiger partial charge in [-0.15, -0.1) is 0 Å². The van der Waals surface area contributed by atoms with Crippen molar-refractivity contribution in [2.24, 2.45) is 5.41 Å². The molecular weight excluding hydrogens is 268 g/mol. The number of carboxylic acid groups (broad SMARTS) is 1. The van der Waals surface area contributed by atoms with Crippen LogP contribution in [0, 0.1) is 5.41 Å². The van der Waals surface area contributed by atoms with E-state index in [1.54, 1.807) is 0 Å². The molecule has 5 nitrogen and oxygen atoms in total. The number of urea groups is 1. The number of carbonyl (C=O) groups excluding carboxylic acids is 1. The average molecular weight is 298 g/mol. The van der Waals surface area contributed by atoms with Gasteiger partial charge in [0.2, 0.25) is 0 Å². The third-order valence-corrected chi connectivity index (χ3v) is 4.22. The number of aliphatic carboxylic acids is 1. The molecule has 1 aliphatic heterocycles. The second kappa shape index (κ2) is 8.25. The molecule has 2 amide bonds. The van der Waals surface area contributed by atoms with Crippen LogP contribution in [0.2, 0.25) is 0 Å². The largest absolute Gasteiger partial charge is 0.480 e. The molecule has 1 saturated heterocycles. The van der Waals surface area contributed by atoms with Gasteiger partial charge in [-0.05, 0) is 31.1 Å². The van der Waals surface area contributed by atoms with E-state index in [0.717, 1.165) is 19.3 Å². The molecule has 0 aromatic carbocycles. The van der Waals surface area contributed by atoms with Crippen LogP contribution < -0.4 is 5.32 Å². The van der Waals surface area contributed by atoms with Crippen molar-refractivity contribution in [3.63, 3.8) is 0 Å². The minimum Gasteiger partial charge on any atom is -0.480 e. The molecule has 1 rings (SSSR count). The Morgan fingerprint density at radius 1 is 1.29 bits per heavy atom. The quantitative estimate of drug-likeness (QED) is 0.709. The van der Waals surface area contributed by atoms with Gasteiger partial charge in [0, 0.05) is 13.1 Å². The number of nitrogens with zero attached hydrogens (tertiary/aromatic N) is 1. The molecule has 0 bridgehead atoms. The number of hydrogen-bond acceptors (Lipinski definition) is 2. The molecule has 5 heteroatoms. The molecule has 1 heterocycles. The first-order chi connectivity index (χ1) is 9.87. The molecule has 0 saturated carbocycles. The first-order valence-electron chi connectivity index (χ1n) is 8.14. The number of hydrogen-bond donors (Lipinski definition) is 2. The number of likely N-dealkylation sites (tertiary alicyclic amines) is 1. The Bertz CT molecular complexity index is 355. The first kappa shape index (κ1) is 17.8. The second-order valence-corrected chi connectivity index (χ2v) is 6.82. The molecule has 1 unspecified atom stereocenters. The van der Waals surface area contributed by atoms with Crippen LogP contribution in [0.25, 0.3) is 0 Å². The lowest BCUT2D eigenvalue weighted by atomic mass is 9.87. The summed E-state index contributed by atoms with van der Waals surface area (Å²) >= 11 is 0. The third kappa shape index (κ3) is 5.94. The van der Waals surface area contributed by atoms with Gasteiger partial charge in [0.1, 0.15) is 6.04 Å². The molecule has 21 heavy (non-hydrogen) atoms. The molecular formula is C16H30N2O3. The predicted octanol–water partition coefficient (Wildman–Crippen LogP) is 3.24. The maximum absolute atomic E-state index is 12.2. The van der Waals surface area contributed by atoms with Crippen LogP contribution in [0.4, 0.5) is 4.79 Å². The van der Waals surface area contributed by atoms with E-state index >= 15 is 0 Å². The molecule has 0 radical (unpaired) electrons. The SMILES string of the molecule is CCCCCC(C)(C)CNC(=O)N1CCCCC1C(=O)O. The van der Waals surface area contributed by atoms with Crippen LogP contribution in [-0.2, 0) is 4.79 Å². The van der Waals surface area contributed by atoms with Gasteiger partial charge in [0.05, 0.1) is 0 Å². The van der Waals surface area contributed by atoms with E-state index in [4.69, 9.17) is 0 Å². The molecule has 1 atom stereocenters. The van der Waals surface area contributed by atoms with E-state index in [1.807, 2.05) is 0 Å². The molecule has 1 aliphatic rings. The number of unbranched alkanes of at least 4 members (excludes halogenated alkanes) is 2. The van der Waals surface area contributed by atoms with Gasteiger partial charge in [0.25, 0.3) is 0 Å². The zero-order chi connectivity index (χ0) is 15.9. The van der Waals surface area contributed by atoms with E-state index in [-0.39, 0.29) is 11.4 Å². The Hall–Kier alpha value is -1.26. The molecule has 0 spiro atoms. The first-order valence-corrected chi connectivity index (χ1v) is 8.14. The van der Waals surface area contributed by atoms with E-state index in [9.17, 15) is 14.7 Å². The highest BCUT2D eigenvalue weighted by Crippen LogP contribution is 2.23. The highest BCUT2D eigenvalue weighted by atomic mass is 16.4. The minimum atomic E-state index is -0.896. The summed E-state index contributed by atoms with van der Waals surface area (Å²) in [5, 5.41) is 12.1. The highest BCUT2D eigenvalue weighted by Gasteiger charge is 2.32. The van der Waals surface area contributed by atoms with Crippen LogP contribution in [0.1, 0.15) is 65.7 Å². The molecule has 0 aromatic heterocycles. The molecule has 0 aliphatic carbocycles. The van der Waals surface area contributed by atoms with Gasteiger partial charge >= 0.3 is 12.0 Å². The van der Waals surface area contributed by atoms with Crippen LogP contribution in [-0.4, -0.2) is 41.1 Å². The number of nitrogens with one attached hydrogen (secondary N) is 1. The number of carboxylic acids is 1. The van der Waals surface area contributed by atoms with Crippen molar-refractivity contribution in [3.05, 3.63) is 0 Å². The monoisotopic (exact) mass is 298 g/mol. The van der Waals surface area contributed by atoms with Crippen molar-refractivity contribution in [3.8, 4) is 0 Å². The summed E-state index contributed by atoms with van der Waals surface area (Å²) in [6.45, 7) is 7.61. The molecule has 2 N–H and O–H groups in total. The number of carbonyl (C=O) groups is 2. The van der Waals surface area contributed by atoms with Gasteiger partial charge in [-0.3, -0.25) is 0 Å². The van der Waals surface area contributed by atoms with E-state index < -0.39 is 12.0 Å². The summed E-state index contributed by atoms with van der Waals surface area (Å²) in [6, 6.07) is -0.896. The lowest BCUT2D eigenvalue weighted by Gasteiger charge is -2.34. The lowest BCUT2D eigenvalue weighted by Crippen LogP contribution is -2.53. The highest BCUT2D eigenvalue weighted by molar-refractivity contribution is 5.82. The molecule has 0 aromatic rings. The Kier molecular flexibility index (Phi) is 6.99. The van der Waals surface area contributed by atoms with Crippen molar-refractivity contribution in [1.29, 1.82) is 0 Å². The van der Waals surface area contributed by atoms with E-state index in [2.05, 4.69) is 26.1 Å². The van der Waals surface area contributed by atoms with Gasteiger partial charge in [-0.25, -0.2) is 9.59 Å². The fourth-order valence-corrected chi connectivity index (χ4v) is 2.79. The van der Waals surface area contributed by atoms with Gasteiger partial charge in [-0.1, -0.05) is 40.0 Å². The Morgan fingerprint density at radius 2 is 2.00 bits per heavy atom. The third-order valence-electron chi connectivity index (χ3n) is 4.22. The summed E-state index contributed by atoms with van der Waals surface area (Å²) in [4.78, 5) is 24.9. The van der Waals surface area contributed by atoms with Crippen molar-refractivity contribution < 1.29 is 14.7 Å². The van der Waals surface area contributed by atoms with Crippen LogP contribution in [0.3, 0.4) is 0 Å². The predicted molar refractivity (Wildman–Crippen MR) is 83.3 cm³/mol. The number of amides is 2.